The van der Waals surface area contributed by atoms with Gasteiger partial charge in [0.2, 0.25) is 0 Å². The van der Waals surface area contributed by atoms with Gasteiger partial charge in [-0.25, -0.2) is 0 Å². The molecule has 0 spiro atoms. The van der Waals surface area contributed by atoms with Crippen LogP contribution in [-0.4, -0.2) is 10.4 Å². The van der Waals surface area contributed by atoms with E-state index in [9.17, 15) is 0 Å². The first-order valence-electron chi connectivity index (χ1n) is 3.94. The van der Waals surface area contributed by atoms with E-state index in [2.05, 4.69) is 0 Å². The van der Waals surface area contributed by atoms with Crippen molar-refractivity contribution < 1.29 is 10.4 Å². The highest BCUT2D eigenvalue weighted by Gasteiger charge is 1.99. The summed E-state index contributed by atoms with van der Waals surface area (Å²) in [5.74, 6) is 0. The Balaban J connectivity index is 2.62. The Morgan fingerprint density at radius 3 is 2.23 bits per heavy atom. The molecular weight excluding hydrogens is 166 g/mol. The Kier molecular flexibility index (Phi) is 1.88. The molecule has 2 rings (SSSR count). The van der Waals surface area contributed by atoms with Gasteiger partial charge in [0.25, 0.3) is 0 Å². The molecule has 2 N–H and O–H groups in total. The van der Waals surface area contributed by atoms with Crippen LogP contribution in [-0.2, 0) is 0 Å². The summed E-state index contributed by atoms with van der Waals surface area (Å²) < 4.78 is 0. The minimum atomic E-state index is 0.117. The van der Waals surface area contributed by atoms with Gasteiger partial charge in [-0.05, 0) is 22.9 Å². The molecule has 0 aliphatic rings. The molecule has 66 valence electrons. The van der Waals surface area contributed by atoms with Crippen molar-refractivity contribution in [1.82, 2.24) is 0 Å². The van der Waals surface area contributed by atoms with Crippen molar-refractivity contribution in [2.75, 3.05) is 5.23 Å². The van der Waals surface area contributed by atoms with Crippen molar-refractivity contribution in [2.24, 2.45) is 0 Å². The van der Waals surface area contributed by atoms with E-state index in [1.54, 1.807) is 12.1 Å². The summed E-state index contributed by atoms with van der Waals surface area (Å²) in [5, 5.41) is 19.7. The van der Waals surface area contributed by atoms with Crippen LogP contribution >= 0.6 is 0 Å². The summed E-state index contributed by atoms with van der Waals surface area (Å²) in [7, 11) is 0. The molecule has 0 bridgehead atoms. The third kappa shape index (κ3) is 1.47. The van der Waals surface area contributed by atoms with Crippen LogP contribution in [0.1, 0.15) is 0 Å². The van der Waals surface area contributed by atoms with Crippen LogP contribution in [0.4, 0.5) is 5.69 Å². The van der Waals surface area contributed by atoms with Gasteiger partial charge >= 0.3 is 0 Å². The molecule has 2 aromatic carbocycles. The molecular formula is C10H9NO2. The molecule has 2 aromatic rings. The third-order valence-corrected chi connectivity index (χ3v) is 1.96. The monoisotopic (exact) mass is 175 g/mol. The van der Waals surface area contributed by atoms with Crippen LogP contribution < -0.4 is 5.23 Å². The molecule has 0 aliphatic heterocycles. The molecule has 13 heavy (non-hydrogen) atoms. The molecule has 0 amide bonds. The molecule has 0 saturated heterocycles. The molecule has 0 aromatic heterocycles. The minimum absolute atomic E-state index is 0.117. The fraction of sp³-hybridized carbons (Fsp3) is 0. The first-order valence-corrected chi connectivity index (χ1v) is 3.94. The van der Waals surface area contributed by atoms with Crippen LogP contribution in [0.5, 0.6) is 0 Å². The maximum Gasteiger partial charge on any atom is 0.0949 e. The summed E-state index contributed by atoms with van der Waals surface area (Å²) >= 11 is 0. The second kappa shape index (κ2) is 3.05. The molecule has 0 heterocycles. The van der Waals surface area contributed by atoms with E-state index in [0.717, 1.165) is 10.8 Å². The lowest BCUT2D eigenvalue weighted by atomic mass is 10.1. The molecule has 0 radical (unpaired) electrons. The van der Waals surface area contributed by atoms with E-state index >= 15 is 0 Å². The predicted molar refractivity (Wildman–Crippen MR) is 50.0 cm³/mol. The summed E-state index contributed by atoms with van der Waals surface area (Å²) in [6, 6.07) is 12.9. The minimum Gasteiger partial charge on any atom is -0.264 e. The Labute approximate surface area is 75.4 Å². The Hall–Kier alpha value is -1.58. The fourth-order valence-corrected chi connectivity index (χ4v) is 1.30. The van der Waals surface area contributed by atoms with Crippen molar-refractivity contribution in [3.63, 3.8) is 0 Å². The van der Waals surface area contributed by atoms with E-state index in [1.807, 2.05) is 30.3 Å². The van der Waals surface area contributed by atoms with E-state index in [4.69, 9.17) is 10.4 Å². The molecule has 3 nitrogen and oxygen atoms in total. The van der Waals surface area contributed by atoms with Crippen molar-refractivity contribution in [2.45, 2.75) is 0 Å². The maximum atomic E-state index is 8.77. The predicted octanol–water partition coefficient (Wildman–Crippen LogP) is 2.42. The molecule has 0 atom stereocenters. The highest BCUT2D eigenvalue weighted by molar-refractivity contribution is 5.85. The smallest absolute Gasteiger partial charge is 0.0949 e. The molecule has 0 aliphatic carbocycles. The van der Waals surface area contributed by atoms with Gasteiger partial charge in [0.15, 0.2) is 0 Å². The molecule has 3 heteroatoms. The SMILES string of the molecule is ON(O)c1ccc2ccccc2c1. The summed E-state index contributed by atoms with van der Waals surface area (Å²) in [6.07, 6.45) is 0. The van der Waals surface area contributed by atoms with Crippen LogP contribution in [0.15, 0.2) is 42.5 Å². The zero-order valence-corrected chi connectivity index (χ0v) is 6.88. The Bertz CT molecular complexity index is 426. The normalized spacial score (nSPS) is 10.3. The summed E-state index contributed by atoms with van der Waals surface area (Å²) in [6.45, 7) is 0. The topological polar surface area (TPSA) is 43.7 Å². The number of rotatable bonds is 1. The van der Waals surface area contributed by atoms with Gasteiger partial charge < -0.3 is 0 Å². The summed E-state index contributed by atoms with van der Waals surface area (Å²) in [5.41, 5.74) is 0.360. The zero-order valence-electron chi connectivity index (χ0n) is 6.88. The summed E-state index contributed by atoms with van der Waals surface area (Å²) in [4.78, 5) is 0. The number of hydrogen-bond donors (Lipinski definition) is 2. The third-order valence-electron chi connectivity index (χ3n) is 1.96. The molecule has 0 unspecified atom stereocenters. The lowest BCUT2D eigenvalue weighted by Gasteiger charge is -2.08. The first kappa shape index (κ1) is 8.04. The Morgan fingerprint density at radius 1 is 0.846 bits per heavy atom. The van der Waals surface area contributed by atoms with Gasteiger partial charge in [-0.2, -0.15) is 0 Å². The van der Waals surface area contributed by atoms with Gasteiger partial charge in [-0.1, -0.05) is 30.3 Å². The van der Waals surface area contributed by atoms with Crippen LogP contribution in [0.3, 0.4) is 0 Å². The standard InChI is InChI=1S/C10H9NO2/c12-11(13)10-6-5-8-3-1-2-4-9(8)7-10/h1-7,12-13H. The second-order valence-corrected chi connectivity index (χ2v) is 2.82. The number of hydrogen-bond acceptors (Lipinski definition) is 3. The van der Waals surface area contributed by atoms with Gasteiger partial charge in [0.1, 0.15) is 0 Å². The number of fused-ring (bicyclic) bond motifs is 1. The highest BCUT2D eigenvalue weighted by atomic mass is 16.8. The molecule has 0 fully saturated rings. The average Bonchev–Trinajstić information content (AvgIpc) is 2.17. The quantitative estimate of drug-likeness (QED) is 0.654. The second-order valence-electron chi connectivity index (χ2n) is 2.82. The van der Waals surface area contributed by atoms with E-state index < -0.39 is 0 Å². The number of anilines is 1. The van der Waals surface area contributed by atoms with Gasteiger partial charge in [-0.15, -0.1) is 5.23 Å². The zero-order chi connectivity index (χ0) is 9.26. The van der Waals surface area contributed by atoms with Gasteiger partial charge in [-0.3, -0.25) is 10.4 Å². The Morgan fingerprint density at radius 2 is 1.54 bits per heavy atom. The van der Waals surface area contributed by atoms with Crippen molar-refractivity contribution in [1.29, 1.82) is 0 Å². The largest absolute Gasteiger partial charge is 0.264 e. The van der Waals surface area contributed by atoms with Crippen LogP contribution in [0.25, 0.3) is 10.8 Å². The van der Waals surface area contributed by atoms with Gasteiger partial charge in [0, 0.05) is 0 Å². The van der Waals surface area contributed by atoms with E-state index in [-0.39, 0.29) is 5.23 Å². The van der Waals surface area contributed by atoms with Crippen molar-refractivity contribution >= 4 is 16.5 Å². The first-order chi connectivity index (χ1) is 6.27. The maximum absolute atomic E-state index is 8.77. The fourth-order valence-electron chi connectivity index (χ4n) is 1.30. The lowest BCUT2D eigenvalue weighted by Crippen LogP contribution is -2.10. The van der Waals surface area contributed by atoms with E-state index in [1.165, 1.54) is 0 Å². The highest BCUT2D eigenvalue weighted by Crippen LogP contribution is 2.19. The van der Waals surface area contributed by atoms with Gasteiger partial charge in [0.05, 0.1) is 5.69 Å². The van der Waals surface area contributed by atoms with Crippen molar-refractivity contribution in [3.05, 3.63) is 42.5 Å². The lowest BCUT2D eigenvalue weighted by molar-refractivity contribution is 0.0292. The van der Waals surface area contributed by atoms with E-state index in [0.29, 0.717) is 5.69 Å². The number of benzene rings is 2. The average molecular weight is 175 g/mol. The molecule has 0 saturated carbocycles. The van der Waals surface area contributed by atoms with Crippen LogP contribution in [0, 0.1) is 0 Å². The van der Waals surface area contributed by atoms with Crippen LogP contribution in [0.2, 0.25) is 0 Å². The number of nitrogens with zero attached hydrogens (tertiary/aromatic N) is 1. The van der Waals surface area contributed by atoms with Crippen molar-refractivity contribution in [3.8, 4) is 0 Å².